The zero-order valence-electron chi connectivity index (χ0n) is 16.1. The van der Waals surface area contributed by atoms with Crippen LogP contribution in [0.15, 0.2) is 47.4 Å². The van der Waals surface area contributed by atoms with Gasteiger partial charge in [0.2, 0.25) is 28.6 Å². The molecule has 0 saturated carbocycles. The minimum atomic E-state index is -3.67. The quantitative estimate of drug-likeness (QED) is 0.694. The number of carbonyl (C=O) groups excluding carboxylic acids is 2. The molecule has 156 valence electrons. The van der Waals surface area contributed by atoms with Gasteiger partial charge in [-0.05, 0) is 54.3 Å². The predicted octanol–water partition coefficient (Wildman–Crippen LogP) is 2.25. The lowest BCUT2D eigenvalue weighted by Gasteiger charge is -2.18. The molecule has 0 aromatic heterocycles. The minimum Gasteiger partial charge on any atom is -0.454 e. The van der Waals surface area contributed by atoms with Crippen molar-refractivity contribution < 1.29 is 27.5 Å². The van der Waals surface area contributed by atoms with Crippen molar-refractivity contribution in [3.05, 3.63) is 48.0 Å². The van der Waals surface area contributed by atoms with E-state index in [1.807, 2.05) is 18.2 Å². The van der Waals surface area contributed by atoms with Gasteiger partial charge < -0.3 is 9.47 Å². The monoisotopic (exact) mass is 428 g/mol. The predicted molar refractivity (Wildman–Crippen MR) is 107 cm³/mol. The van der Waals surface area contributed by atoms with Gasteiger partial charge in [0.1, 0.15) is 0 Å². The van der Waals surface area contributed by atoms with E-state index in [9.17, 15) is 18.0 Å². The van der Waals surface area contributed by atoms with Gasteiger partial charge in [0.25, 0.3) is 0 Å². The number of anilines is 1. The Hall–Kier alpha value is -2.91. The van der Waals surface area contributed by atoms with Crippen molar-refractivity contribution in [2.45, 2.75) is 30.1 Å². The van der Waals surface area contributed by atoms with Crippen LogP contribution >= 0.6 is 0 Å². The zero-order valence-corrected chi connectivity index (χ0v) is 16.9. The van der Waals surface area contributed by atoms with E-state index >= 15 is 0 Å². The summed E-state index contributed by atoms with van der Waals surface area (Å²) in [5.74, 6) is 0.948. The van der Waals surface area contributed by atoms with E-state index in [0.29, 0.717) is 36.7 Å². The number of rotatable bonds is 4. The van der Waals surface area contributed by atoms with Gasteiger partial charge in [-0.25, -0.2) is 8.42 Å². The molecule has 2 amide bonds. The molecule has 5 rings (SSSR count). The molecule has 2 fully saturated rings. The van der Waals surface area contributed by atoms with E-state index < -0.39 is 10.0 Å². The third-order valence-electron chi connectivity index (χ3n) is 5.80. The van der Waals surface area contributed by atoms with Crippen molar-refractivity contribution in [2.24, 2.45) is 0 Å². The van der Waals surface area contributed by atoms with Crippen LogP contribution in [0.1, 0.15) is 30.7 Å². The zero-order chi connectivity index (χ0) is 20.9. The lowest BCUT2D eigenvalue weighted by molar-refractivity contribution is -0.121. The fourth-order valence-corrected chi connectivity index (χ4v) is 5.67. The van der Waals surface area contributed by atoms with E-state index in [4.69, 9.17) is 9.47 Å². The number of amides is 2. The number of benzene rings is 2. The molecule has 3 aliphatic rings. The van der Waals surface area contributed by atoms with Crippen LogP contribution in [0.4, 0.5) is 5.69 Å². The second-order valence-corrected chi connectivity index (χ2v) is 9.52. The van der Waals surface area contributed by atoms with Crippen LogP contribution in [0, 0.1) is 0 Å². The largest absolute Gasteiger partial charge is 0.454 e. The lowest BCUT2D eigenvalue weighted by atomic mass is 9.98. The topological polar surface area (TPSA) is 93.2 Å². The molecule has 0 bridgehead atoms. The summed E-state index contributed by atoms with van der Waals surface area (Å²) < 4.78 is 38.4. The molecule has 0 radical (unpaired) electrons. The smallest absolute Gasteiger partial charge is 0.243 e. The van der Waals surface area contributed by atoms with Gasteiger partial charge in [0, 0.05) is 25.9 Å². The number of carbonyl (C=O) groups is 2. The summed E-state index contributed by atoms with van der Waals surface area (Å²) in [5, 5.41) is 0. The molecule has 9 heteroatoms. The molecule has 1 unspecified atom stereocenters. The molecule has 3 aliphatic heterocycles. The Kier molecular flexibility index (Phi) is 4.52. The average molecular weight is 428 g/mol. The van der Waals surface area contributed by atoms with Crippen molar-refractivity contribution >= 4 is 27.5 Å². The van der Waals surface area contributed by atoms with Crippen molar-refractivity contribution in [2.75, 3.05) is 24.8 Å². The molecular weight excluding hydrogens is 408 g/mol. The number of fused-ring (bicyclic) bond motifs is 1. The molecule has 0 N–H and O–H groups in total. The van der Waals surface area contributed by atoms with Crippen LogP contribution in [0.5, 0.6) is 11.5 Å². The molecular formula is C21H20N2O6S. The Morgan fingerprint density at radius 2 is 1.60 bits per heavy atom. The van der Waals surface area contributed by atoms with Gasteiger partial charge in [0.15, 0.2) is 11.5 Å². The molecule has 3 heterocycles. The third kappa shape index (κ3) is 3.14. The van der Waals surface area contributed by atoms with Crippen molar-refractivity contribution in [1.82, 2.24) is 4.31 Å². The number of hydrogen-bond acceptors (Lipinski definition) is 6. The van der Waals surface area contributed by atoms with E-state index in [-0.39, 0.29) is 42.3 Å². The second kappa shape index (κ2) is 7.10. The van der Waals surface area contributed by atoms with Crippen LogP contribution in [0.3, 0.4) is 0 Å². The van der Waals surface area contributed by atoms with Gasteiger partial charge in [-0.2, -0.15) is 4.31 Å². The number of sulfonamides is 1. The van der Waals surface area contributed by atoms with Crippen molar-refractivity contribution in [1.29, 1.82) is 0 Å². The average Bonchev–Trinajstić information content (AvgIpc) is 3.48. The van der Waals surface area contributed by atoms with Crippen LogP contribution in [0.2, 0.25) is 0 Å². The number of nitrogens with zero attached hydrogens (tertiary/aromatic N) is 2. The lowest BCUT2D eigenvalue weighted by Crippen LogP contribution is -2.30. The highest BCUT2D eigenvalue weighted by Gasteiger charge is 2.35. The maximum Gasteiger partial charge on any atom is 0.243 e. The first-order valence-electron chi connectivity index (χ1n) is 9.79. The first-order valence-corrected chi connectivity index (χ1v) is 11.2. The van der Waals surface area contributed by atoms with E-state index in [1.165, 1.54) is 28.6 Å². The molecule has 1 atom stereocenters. The second-order valence-electron chi connectivity index (χ2n) is 7.58. The van der Waals surface area contributed by atoms with Crippen LogP contribution in [0.25, 0.3) is 0 Å². The number of imide groups is 1. The number of ether oxygens (including phenoxy) is 2. The van der Waals surface area contributed by atoms with E-state index in [2.05, 4.69) is 0 Å². The van der Waals surface area contributed by atoms with Crippen molar-refractivity contribution in [3.63, 3.8) is 0 Å². The Balaban J connectivity index is 1.33. The molecule has 2 saturated heterocycles. The Labute approximate surface area is 174 Å². The molecule has 0 aliphatic carbocycles. The standard InChI is InChI=1S/C21H20N2O6S/c24-20-7-8-21(25)23(20)16-2-4-17(5-3-16)30(26,27)22-10-9-15(12-22)14-1-6-18-19(11-14)29-13-28-18/h1-6,11,15H,7-10,12-13H2. The van der Waals surface area contributed by atoms with Crippen molar-refractivity contribution in [3.8, 4) is 11.5 Å². The maximum atomic E-state index is 13.1. The van der Waals surface area contributed by atoms with Gasteiger partial charge in [-0.15, -0.1) is 0 Å². The SMILES string of the molecule is O=C1CCC(=O)N1c1ccc(S(=O)(=O)N2CCC(c3ccc4c(c3)OCO4)C2)cc1. The summed E-state index contributed by atoms with van der Waals surface area (Å²) in [6, 6.07) is 11.7. The van der Waals surface area contributed by atoms with Gasteiger partial charge in [0.05, 0.1) is 10.6 Å². The Morgan fingerprint density at radius 3 is 2.33 bits per heavy atom. The number of hydrogen-bond donors (Lipinski definition) is 0. The molecule has 8 nitrogen and oxygen atoms in total. The third-order valence-corrected chi connectivity index (χ3v) is 7.68. The van der Waals surface area contributed by atoms with Crippen LogP contribution < -0.4 is 14.4 Å². The summed E-state index contributed by atoms with van der Waals surface area (Å²) in [4.78, 5) is 25.0. The maximum absolute atomic E-state index is 13.1. The van der Waals surface area contributed by atoms with Crippen LogP contribution in [-0.4, -0.2) is 44.4 Å². The Bertz CT molecular complexity index is 1110. The van der Waals surface area contributed by atoms with Gasteiger partial charge in [-0.1, -0.05) is 6.07 Å². The first kappa shape index (κ1) is 19.1. The molecule has 2 aromatic carbocycles. The first-order chi connectivity index (χ1) is 14.4. The van der Waals surface area contributed by atoms with Crippen LogP contribution in [-0.2, 0) is 19.6 Å². The summed E-state index contributed by atoms with van der Waals surface area (Å²) in [6.07, 6.45) is 1.09. The van der Waals surface area contributed by atoms with E-state index in [1.54, 1.807) is 0 Å². The highest BCUT2D eigenvalue weighted by atomic mass is 32.2. The highest BCUT2D eigenvalue weighted by molar-refractivity contribution is 7.89. The summed E-state index contributed by atoms with van der Waals surface area (Å²) in [5.41, 5.74) is 1.43. The molecule has 2 aromatic rings. The highest BCUT2D eigenvalue weighted by Crippen LogP contribution is 2.38. The molecule has 30 heavy (non-hydrogen) atoms. The normalized spacial score (nSPS) is 21.6. The fourth-order valence-electron chi connectivity index (χ4n) is 4.17. The summed E-state index contributed by atoms with van der Waals surface area (Å²) in [7, 11) is -3.67. The Morgan fingerprint density at radius 1 is 0.900 bits per heavy atom. The van der Waals surface area contributed by atoms with E-state index in [0.717, 1.165) is 10.5 Å². The summed E-state index contributed by atoms with van der Waals surface area (Å²) in [6.45, 7) is 1.01. The van der Waals surface area contributed by atoms with Gasteiger partial charge >= 0.3 is 0 Å². The molecule has 0 spiro atoms. The summed E-state index contributed by atoms with van der Waals surface area (Å²) >= 11 is 0. The minimum absolute atomic E-state index is 0.0772. The van der Waals surface area contributed by atoms with Gasteiger partial charge in [-0.3, -0.25) is 14.5 Å². The fraction of sp³-hybridized carbons (Fsp3) is 0.333.